The van der Waals surface area contributed by atoms with E-state index in [0.717, 1.165) is 22.6 Å². The predicted octanol–water partition coefficient (Wildman–Crippen LogP) is 3.31. The van der Waals surface area contributed by atoms with Crippen LogP contribution >= 0.6 is 0 Å². The molecule has 5 nitrogen and oxygen atoms in total. The maximum atomic E-state index is 12.0. The normalized spacial score (nSPS) is 13.1. The molecular formula is C17H20N2O3. The van der Waals surface area contributed by atoms with Crippen LogP contribution in [-0.2, 0) is 11.2 Å². The molecule has 1 aliphatic heterocycles. The minimum Gasteiger partial charge on any atom is -0.493 e. The van der Waals surface area contributed by atoms with Gasteiger partial charge in [-0.3, -0.25) is 5.10 Å². The van der Waals surface area contributed by atoms with Crippen LogP contribution in [0.5, 0.6) is 5.75 Å². The Bertz CT molecular complexity index is 704. The van der Waals surface area contributed by atoms with Gasteiger partial charge in [-0.1, -0.05) is 19.9 Å². The molecule has 22 heavy (non-hydrogen) atoms. The highest BCUT2D eigenvalue weighted by atomic mass is 16.5. The van der Waals surface area contributed by atoms with E-state index < -0.39 is 0 Å². The molecule has 116 valence electrons. The third-order valence-electron chi connectivity index (χ3n) is 3.88. The lowest BCUT2D eigenvalue weighted by atomic mass is 9.97. The Morgan fingerprint density at radius 3 is 3.00 bits per heavy atom. The highest BCUT2D eigenvalue weighted by Gasteiger charge is 2.25. The second kappa shape index (κ2) is 5.83. The topological polar surface area (TPSA) is 64.2 Å². The fourth-order valence-corrected chi connectivity index (χ4v) is 2.68. The summed E-state index contributed by atoms with van der Waals surface area (Å²) < 4.78 is 10.9. The van der Waals surface area contributed by atoms with Gasteiger partial charge in [-0.2, -0.15) is 5.10 Å². The number of rotatable bonds is 3. The summed E-state index contributed by atoms with van der Waals surface area (Å²) in [6.07, 6.45) is 0.631. The standard InChI is InChI=1S/C17H20N2O3/c1-4-21-17(20)16-12-7-8-22-14-6-5-11(10(2)3)9-13(14)15(12)18-19-16/h5-6,9-10H,4,7-8H2,1-3H3,(H,18,19). The number of carbonyl (C=O) groups excluding carboxylic acids is 1. The Labute approximate surface area is 129 Å². The monoisotopic (exact) mass is 300 g/mol. The first-order valence-corrected chi connectivity index (χ1v) is 7.63. The zero-order chi connectivity index (χ0) is 15.7. The number of nitrogens with zero attached hydrogens (tertiary/aromatic N) is 1. The molecule has 2 heterocycles. The van der Waals surface area contributed by atoms with E-state index in [-0.39, 0.29) is 5.97 Å². The van der Waals surface area contributed by atoms with E-state index >= 15 is 0 Å². The molecule has 3 rings (SSSR count). The Kier molecular flexibility index (Phi) is 3.88. The third-order valence-corrected chi connectivity index (χ3v) is 3.88. The number of hydrogen-bond acceptors (Lipinski definition) is 4. The molecule has 0 aliphatic carbocycles. The SMILES string of the molecule is CCOC(=O)c1[nH]nc2c1CCOc1ccc(C(C)C)cc1-2. The van der Waals surface area contributed by atoms with Gasteiger partial charge in [0, 0.05) is 17.5 Å². The number of carbonyl (C=O) groups is 1. The fraction of sp³-hybridized carbons (Fsp3) is 0.412. The van der Waals surface area contributed by atoms with Crippen LogP contribution in [0, 0.1) is 0 Å². The summed E-state index contributed by atoms with van der Waals surface area (Å²) in [4.78, 5) is 12.0. The molecule has 2 aromatic rings. The molecule has 0 unspecified atom stereocenters. The Morgan fingerprint density at radius 2 is 2.27 bits per heavy atom. The fourth-order valence-electron chi connectivity index (χ4n) is 2.68. The van der Waals surface area contributed by atoms with Crippen molar-refractivity contribution in [1.82, 2.24) is 10.2 Å². The van der Waals surface area contributed by atoms with Gasteiger partial charge in [-0.25, -0.2) is 4.79 Å². The van der Waals surface area contributed by atoms with Gasteiger partial charge in [0.05, 0.1) is 18.9 Å². The van der Waals surface area contributed by atoms with Gasteiger partial charge >= 0.3 is 5.97 Å². The highest BCUT2D eigenvalue weighted by molar-refractivity contribution is 5.91. The molecular weight excluding hydrogens is 280 g/mol. The molecule has 5 heteroatoms. The number of aromatic amines is 1. The maximum Gasteiger partial charge on any atom is 0.356 e. The van der Waals surface area contributed by atoms with Crippen LogP contribution in [0.2, 0.25) is 0 Å². The summed E-state index contributed by atoms with van der Waals surface area (Å²) in [7, 11) is 0. The highest BCUT2D eigenvalue weighted by Crippen LogP contribution is 2.37. The van der Waals surface area contributed by atoms with E-state index in [9.17, 15) is 4.79 Å². The summed E-state index contributed by atoms with van der Waals surface area (Å²) in [6.45, 7) is 6.95. The van der Waals surface area contributed by atoms with Gasteiger partial charge in [0.25, 0.3) is 0 Å². The molecule has 1 aliphatic rings. The van der Waals surface area contributed by atoms with Crippen LogP contribution in [0.4, 0.5) is 0 Å². The molecule has 1 aromatic carbocycles. The lowest BCUT2D eigenvalue weighted by molar-refractivity contribution is 0.0518. The van der Waals surface area contributed by atoms with Crippen molar-refractivity contribution in [2.45, 2.75) is 33.1 Å². The van der Waals surface area contributed by atoms with Crippen molar-refractivity contribution in [3.8, 4) is 17.0 Å². The van der Waals surface area contributed by atoms with E-state index in [0.29, 0.717) is 31.2 Å². The average molecular weight is 300 g/mol. The number of fused-ring (bicyclic) bond motifs is 3. The number of nitrogens with one attached hydrogen (secondary N) is 1. The lowest BCUT2D eigenvalue weighted by Gasteiger charge is -2.11. The molecule has 1 N–H and O–H groups in total. The lowest BCUT2D eigenvalue weighted by Crippen LogP contribution is -2.09. The quantitative estimate of drug-likeness (QED) is 0.883. The number of esters is 1. The van der Waals surface area contributed by atoms with Crippen molar-refractivity contribution < 1.29 is 14.3 Å². The summed E-state index contributed by atoms with van der Waals surface area (Å²) in [5.41, 5.74) is 4.25. The van der Waals surface area contributed by atoms with Crippen molar-refractivity contribution in [3.05, 3.63) is 35.0 Å². The number of H-pyrrole nitrogens is 1. The molecule has 0 radical (unpaired) electrons. The zero-order valence-corrected chi connectivity index (χ0v) is 13.1. The zero-order valence-electron chi connectivity index (χ0n) is 13.1. The largest absolute Gasteiger partial charge is 0.493 e. The van der Waals surface area contributed by atoms with Gasteiger partial charge in [0.15, 0.2) is 0 Å². The molecule has 0 amide bonds. The van der Waals surface area contributed by atoms with Gasteiger partial charge in [-0.15, -0.1) is 0 Å². The Hall–Kier alpha value is -2.30. The van der Waals surface area contributed by atoms with Crippen LogP contribution < -0.4 is 4.74 Å². The molecule has 0 spiro atoms. The van der Waals surface area contributed by atoms with Gasteiger partial charge in [0.1, 0.15) is 11.4 Å². The van der Waals surface area contributed by atoms with E-state index in [4.69, 9.17) is 9.47 Å². The summed E-state index contributed by atoms with van der Waals surface area (Å²) in [5, 5.41) is 7.19. The van der Waals surface area contributed by atoms with Gasteiger partial charge in [0.2, 0.25) is 0 Å². The summed E-state index contributed by atoms with van der Waals surface area (Å²) in [6, 6.07) is 6.16. The summed E-state index contributed by atoms with van der Waals surface area (Å²) in [5.74, 6) is 0.866. The Balaban J connectivity index is 2.10. The smallest absolute Gasteiger partial charge is 0.356 e. The Morgan fingerprint density at radius 1 is 1.45 bits per heavy atom. The van der Waals surface area contributed by atoms with Crippen molar-refractivity contribution in [2.75, 3.05) is 13.2 Å². The van der Waals surface area contributed by atoms with E-state index in [1.54, 1.807) is 6.92 Å². The van der Waals surface area contributed by atoms with E-state index in [2.05, 4.69) is 36.2 Å². The van der Waals surface area contributed by atoms with Crippen molar-refractivity contribution in [1.29, 1.82) is 0 Å². The van der Waals surface area contributed by atoms with Crippen LogP contribution in [0.1, 0.15) is 48.3 Å². The van der Waals surface area contributed by atoms with Crippen molar-refractivity contribution in [3.63, 3.8) is 0 Å². The first kappa shape index (κ1) is 14.6. The maximum absolute atomic E-state index is 12.0. The van der Waals surface area contributed by atoms with Gasteiger partial charge in [-0.05, 0) is 30.5 Å². The van der Waals surface area contributed by atoms with Crippen LogP contribution in [0.15, 0.2) is 18.2 Å². The number of aromatic nitrogens is 2. The molecule has 0 atom stereocenters. The number of ether oxygens (including phenoxy) is 2. The molecule has 0 saturated heterocycles. The molecule has 0 saturated carbocycles. The second-order valence-electron chi connectivity index (χ2n) is 5.65. The summed E-state index contributed by atoms with van der Waals surface area (Å²) >= 11 is 0. The average Bonchev–Trinajstić information content (AvgIpc) is 2.83. The minimum absolute atomic E-state index is 0.344. The number of hydrogen-bond donors (Lipinski definition) is 1. The molecule has 0 fully saturated rings. The van der Waals surface area contributed by atoms with Crippen LogP contribution in [-0.4, -0.2) is 29.4 Å². The van der Waals surface area contributed by atoms with E-state index in [1.165, 1.54) is 5.56 Å². The molecule has 0 bridgehead atoms. The minimum atomic E-state index is -0.361. The van der Waals surface area contributed by atoms with Crippen molar-refractivity contribution in [2.24, 2.45) is 0 Å². The first-order chi connectivity index (χ1) is 10.6. The third kappa shape index (κ3) is 2.47. The van der Waals surface area contributed by atoms with Crippen LogP contribution in [0.3, 0.4) is 0 Å². The number of benzene rings is 1. The predicted molar refractivity (Wildman–Crippen MR) is 83.3 cm³/mol. The van der Waals surface area contributed by atoms with Crippen molar-refractivity contribution >= 4 is 5.97 Å². The molecule has 1 aromatic heterocycles. The van der Waals surface area contributed by atoms with Gasteiger partial charge < -0.3 is 9.47 Å². The van der Waals surface area contributed by atoms with E-state index in [1.807, 2.05) is 6.07 Å². The second-order valence-corrected chi connectivity index (χ2v) is 5.65. The van der Waals surface area contributed by atoms with Crippen LogP contribution in [0.25, 0.3) is 11.3 Å². The first-order valence-electron chi connectivity index (χ1n) is 7.63.